The van der Waals surface area contributed by atoms with Gasteiger partial charge in [0.15, 0.2) is 0 Å². The summed E-state index contributed by atoms with van der Waals surface area (Å²) in [6, 6.07) is 0. The molecule has 3 N–H and O–H groups in total. The summed E-state index contributed by atoms with van der Waals surface area (Å²) in [6.07, 6.45) is 8.89. The quantitative estimate of drug-likeness (QED) is 0.459. The Hall–Kier alpha value is 0.786. The summed E-state index contributed by atoms with van der Waals surface area (Å²) in [4.78, 5) is 0. The van der Waals surface area contributed by atoms with Crippen LogP contribution < -0.4 is 0 Å². The van der Waals surface area contributed by atoms with Crippen molar-refractivity contribution in [2.24, 2.45) is 0 Å². The first kappa shape index (κ1) is 28.0. The van der Waals surface area contributed by atoms with Gasteiger partial charge in [-0.15, -0.1) is 0 Å². The summed E-state index contributed by atoms with van der Waals surface area (Å²) in [5.74, 6) is 7.20. The van der Waals surface area contributed by atoms with E-state index in [0.29, 0.717) is 0 Å². The number of rotatable bonds is 1. The Balaban J connectivity index is -0.0000000956. The zero-order valence-electron chi connectivity index (χ0n) is 13.3. The summed E-state index contributed by atoms with van der Waals surface area (Å²) in [5, 5.41) is 22.7. The maximum absolute atomic E-state index is 7.57. The van der Waals surface area contributed by atoms with E-state index in [-0.39, 0.29) is 46.0 Å². The summed E-state index contributed by atoms with van der Waals surface area (Å²) in [7, 11) is 0. The van der Waals surface area contributed by atoms with Crippen molar-refractivity contribution in [2.45, 2.75) is 44.5 Å². The molecule has 1 aliphatic rings. The number of allylic oxidation sites excluding steroid dienone is 4. The third-order valence-electron chi connectivity index (χ3n) is 1.50. The Bertz CT molecular complexity index is 206. The fraction of sp³-hybridized carbons (Fsp3) is 0.714. The van der Waals surface area contributed by atoms with Crippen LogP contribution in [-0.2, 0) is 26.2 Å². The molecule has 0 aromatic rings. The van der Waals surface area contributed by atoms with Crippen LogP contribution in [0.15, 0.2) is 16.6 Å². The molecule has 0 fully saturated rings. The van der Waals surface area contributed by atoms with E-state index in [9.17, 15) is 0 Å². The number of aliphatic hydroxyl groups is 3. The molecule has 1 rings (SSSR count). The molecule has 0 saturated carbocycles. The first-order chi connectivity index (χ1) is 8.35. The molecule has 1 aliphatic carbocycles. The predicted octanol–water partition coefficient (Wildman–Crippen LogP) is 2.55. The smallest absolute Gasteiger partial charge is 0 e. The van der Waals surface area contributed by atoms with E-state index < -0.39 is 13.3 Å². The van der Waals surface area contributed by atoms with Crippen molar-refractivity contribution < 1.29 is 41.5 Å². The molecule has 3 nitrogen and oxygen atoms in total. The van der Waals surface area contributed by atoms with Gasteiger partial charge >= 0.3 is 59.6 Å². The van der Waals surface area contributed by atoms with E-state index in [1.165, 1.54) is 4.41 Å². The minimum absolute atomic E-state index is 0. The maximum Gasteiger partial charge on any atom is 0 e. The van der Waals surface area contributed by atoms with Gasteiger partial charge in [0.25, 0.3) is 0 Å². The molecule has 0 heterocycles. The SMILES string of the molecule is CCO.CCO.CCO.[CH3][Ge]([CH3])([CH3])[C]1=[C-]CC=C1.[Zr]. The summed E-state index contributed by atoms with van der Waals surface area (Å²) < 4.78 is 1.54. The van der Waals surface area contributed by atoms with Crippen LogP contribution in [0.1, 0.15) is 27.2 Å². The second-order valence-corrected chi connectivity index (χ2v) is 15.0. The van der Waals surface area contributed by atoms with Crippen molar-refractivity contribution in [1.29, 1.82) is 0 Å². The van der Waals surface area contributed by atoms with Crippen molar-refractivity contribution >= 4 is 13.3 Å². The van der Waals surface area contributed by atoms with Gasteiger partial charge < -0.3 is 15.3 Å². The molecule has 0 spiro atoms. The van der Waals surface area contributed by atoms with Gasteiger partial charge in [0, 0.05) is 46.0 Å². The van der Waals surface area contributed by atoms with Crippen LogP contribution in [0.4, 0.5) is 0 Å². The monoisotopic (exact) mass is 411 g/mol. The molecule has 0 saturated heterocycles. The normalized spacial score (nSPS) is 11.5. The topological polar surface area (TPSA) is 60.7 Å². The predicted molar refractivity (Wildman–Crippen MR) is 82.1 cm³/mol. The average Bonchev–Trinajstić information content (AvgIpc) is 2.72. The fourth-order valence-corrected chi connectivity index (χ4v) is 3.54. The van der Waals surface area contributed by atoms with E-state index in [4.69, 9.17) is 15.3 Å². The van der Waals surface area contributed by atoms with E-state index in [2.05, 4.69) is 35.5 Å². The first-order valence-electron chi connectivity index (χ1n) is 6.45. The van der Waals surface area contributed by atoms with Gasteiger partial charge in [-0.2, -0.15) is 0 Å². The Morgan fingerprint density at radius 1 is 1.00 bits per heavy atom. The minimum Gasteiger partial charge on any atom is 0 e. The number of hydrogen-bond donors (Lipinski definition) is 3. The Morgan fingerprint density at radius 3 is 1.42 bits per heavy atom. The van der Waals surface area contributed by atoms with Gasteiger partial charge in [0.2, 0.25) is 0 Å². The third-order valence-corrected chi connectivity index (χ3v) is 5.61. The molecule has 0 radical (unpaired) electrons. The van der Waals surface area contributed by atoms with Gasteiger partial charge in [0.1, 0.15) is 0 Å². The third kappa shape index (κ3) is 27.9. The van der Waals surface area contributed by atoms with E-state index >= 15 is 0 Å². The standard InChI is InChI=1S/C8H13Ge.3C2H6O.Zr/c1-9(2,3)8-6-4-5-7-8;3*1-2-3;/h4,6H,5H2,1-3H3;3*3H,2H2,1H3;/q-1;;;;. The van der Waals surface area contributed by atoms with Gasteiger partial charge in [-0.05, 0) is 20.8 Å². The van der Waals surface area contributed by atoms with Gasteiger partial charge in [-0.1, -0.05) is 0 Å². The molecule has 0 bridgehead atoms. The maximum atomic E-state index is 7.57. The van der Waals surface area contributed by atoms with Crippen LogP contribution in [0.25, 0.3) is 0 Å². The molecular formula is C14H31GeO3Zr-. The second-order valence-electron chi connectivity index (χ2n) is 4.40. The van der Waals surface area contributed by atoms with Gasteiger partial charge in [0.05, 0.1) is 0 Å². The molecular weight excluding hydrogens is 380 g/mol. The summed E-state index contributed by atoms with van der Waals surface area (Å²) >= 11 is -1.46. The van der Waals surface area contributed by atoms with Crippen molar-refractivity contribution in [3.63, 3.8) is 0 Å². The Morgan fingerprint density at radius 2 is 1.32 bits per heavy atom. The van der Waals surface area contributed by atoms with Crippen LogP contribution in [0, 0.1) is 6.08 Å². The van der Waals surface area contributed by atoms with Crippen LogP contribution in [-0.4, -0.2) is 48.4 Å². The Labute approximate surface area is 141 Å². The van der Waals surface area contributed by atoms with Gasteiger partial charge in [-0.25, -0.2) is 0 Å². The molecule has 5 heteroatoms. The molecule has 0 amide bonds. The molecule has 114 valence electrons. The van der Waals surface area contributed by atoms with Crippen molar-refractivity contribution in [3.8, 4) is 0 Å². The second kappa shape index (κ2) is 21.1. The average molecular weight is 411 g/mol. The zero-order valence-corrected chi connectivity index (χ0v) is 17.9. The summed E-state index contributed by atoms with van der Waals surface area (Å²) in [5.41, 5.74) is 0. The number of aliphatic hydroxyl groups excluding tert-OH is 3. The van der Waals surface area contributed by atoms with E-state index in [1.807, 2.05) is 0 Å². The molecule has 0 unspecified atom stereocenters. The fourth-order valence-electron chi connectivity index (χ4n) is 0.920. The van der Waals surface area contributed by atoms with Crippen LogP contribution >= 0.6 is 0 Å². The largest absolute Gasteiger partial charge is 0 e. The van der Waals surface area contributed by atoms with Crippen LogP contribution in [0.3, 0.4) is 0 Å². The summed E-state index contributed by atoms with van der Waals surface area (Å²) in [6.45, 7) is 5.79. The molecule has 0 aromatic carbocycles. The van der Waals surface area contributed by atoms with Crippen LogP contribution in [0.2, 0.25) is 17.3 Å². The Kier molecular flexibility index (Phi) is 31.1. The first-order valence-corrected chi connectivity index (χ1v) is 13.8. The molecule has 0 aliphatic heterocycles. The van der Waals surface area contributed by atoms with Crippen molar-refractivity contribution in [1.82, 2.24) is 0 Å². The number of hydrogen-bond acceptors (Lipinski definition) is 3. The zero-order chi connectivity index (χ0) is 15.0. The minimum atomic E-state index is -1.46. The molecule has 19 heavy (non-hydrogen) atoms. The van der Waals surface area contributed by atoms with E-state index in [1.54, 1.807) is 20.8 Å². The van der Waals surface area contributed by atoms with Gasteiger partial charge in [-0.3, -0.25) is 0 Å². The van der Waals surface area contributed by atoms with E-state index in [0.717, 1.165) is 6.42 Å². The van der Waals surface area contributed by atoms with Crippen molar-refractivity contribution in [2.75, 3.05) is 19.8 Å². The molecule has 0 atom stereocenters. The van der Waals surface area contributed by atoms with Crippen LogP contribution in [0.5, 0.6) is 0 Å². The van der Waals surface area contributed by atoms with Crippen molar-refractivity contribution in [3.05, 3.63) is 22.6 Å². The molecule has 0 aromatic heterocycles.